The molecule has 3 heterocycles. The highest BCUT2D eigenvalue weighted by molar-refractivity contribution is 9.09. The summed E-state index contributed by atoms with van der Waals surface area (Å²) in [6.07, 6.45) is 7.59. The van der Waals surface area contributed by atoms with Crippen LogP contribution in [-0.4, -0.2) is 32.5 Å². The Morgan fingerprint density at radius 3 is 2.86 bits per heavy atom. The fourth-order valence-corrected chi connectivity index (χ4v) is 3.61. The maximum absolute atomic E-state index is 4.73. The third kappa shape index (κ3) is 2.80. The number of halogens is 1. The van der Waals surface area contributed by atoms with Gasteiger partial charge in [-0.25, -0.2) is 9.50 Å². The zero-order valence-electron chi connectivity index (χ0n) is 13.0. The number of aromatic nitrogens is 3. The molecule has 4 nitrogen and oxygen atoms in total. The van der Waals surface area contributed by atoms with E-state index in [1.807, 2.05) is 16.9 Å². The molecule has 0 spiro atoms. The summed E-state index contributed by atoms with van der Waals surface area (Å²) < 4.78 is 1.98. The highest BCUT2D eigenvalue weighted by atomic mass is 79.9. The van der Waals surface area contributed by atoms with E-state index in [9.17, 15) is 0 Å². The minimum absolute atomic E-state index is 0.0556. The molecule has 5 heteroatoms. The van der Waals surface area contributed by atoms with Crippen LogP contribution in [0.15, 0.2) is 18.5 Å². The predicted molar refractivity (Wildman–Crippen MR) is 90.5 cm³/mol. The molecule has 2 aromatic heterocycles. The SMILES string of the molecule is CC(C)(C)c1cc2c(N3CCCCC3CBr)nccn2n1. The van der Waals surface area contributed by atoms with Crippen LogP contribution >= 0.6 is 15.9 Å². The molecular weight excluding hydrogens is 328 g/mol. The van der Waals surface area contributed by atoms with E-state index in [1.165, 1.54) is 19.3 Å². The van der Waals surface area contributed by atoms with E-state index in [4.69, 9.17) is 5.10 Å². The Balaban J connectivity index is 2.07. The Morgan fingerprint density at radius 2 is 2.14 bits per heavy atom. The Kier molecular flexibility index (Phi) is 3.95. The van der Waals surface area contributed by atoms with E-state index in [0.29, 0.717) is 6.04 Å². The molecule has 114 valence electrons. The lowest BCUT2D eigenvalue weighted by atomic mass is 9.92. The third-order valence-corrected chi connectivity index (χ3v) is 4.96. The molecule has 0 N–H and O–H groups in total. The van der Waals surface area contributed by atoms with Crippen LogP contribution in [0.2, 0.25) is 0 Å². The van der Waals surface area contributed by atoms with Gasteiger partial charge in [0.15, 0.2) is 5.82 Å². The van der Waals surface area contributed by atoms with Crippen molar-refractivity contribution >= 4 is 27.3 Å². The molecule has 0 bridgehead atoms. The smallest absolute Gasteiger partial charge is 0.154 e. The van der Waals surface area contributed by atoms with Crippen LogP contribution in [-0.2, 0) is 5.41 Å². The first-order valence-electron chi connectivity index (χ1n) is 7.68. The number of alkyl halides is 1. The quantitative estimate of drug-likeness (QED) is 0.772. The van der Waals surface area contributed by atoms with Crippen LogP contribution in [0.25, 0.3) is 5.52 Å². The highest BCUT2D eigenvalue weighted by Gasteiger charge is 2.26. The second kappa shape index (κ2) is 5.59. The Hall–Kier alpha value is -1.10. The van der Waals surface area contributed by atoms with E-state index in [1.54, 1.807) is 0 Å². The van der Waals surface area contributed by atoms with Crippen molar-refractivity contribution in [3.63, 3.8) is 0 Å². The van der Waals surface area contributed by atoms with Crippen LogP contribution < -0.4 is 4.90 Å². The van der Waals surface area contributed by atoms with Crippen molar-refractivity contribution in [2.24, 2.45) is 0 Å². The van der Waals surface area contributed by atoms with Gasteiger partial charge in [0.2, 0.25) is 0 Å². The van der Waals surface area contributed by atoms with Gasteiger partial charge in [0.25, 0.3) is 0 Å². The van der Waals surface area contributed by atoms with Crippen molar-refractivity contribution in [3.05, 3.63) is 24.2 Å². The van der Waals surface area contributed by atoms with E-state index in [-0.39, 0.29) is 5.41 Å². The van der Waals surface area contributed by atoms with Crippen LogP contribution in [0.5, 0.6) is 0 Å². The first-order chi connectivity index (χ1) is 10.0. The van der Waals surface area contributed by atoms with Gasteiger partial charge in [0.05, 0.1) is 5.69 Å². The minimum atomic E-state index is 0.0556. The van der Waals surface area contributed by atoms with Crippen molar-refractivity contribution in [1.29, 1.82) is 0 Å². The maximum Gasteiger partial charge on any atom is 0.154 e. The second-order valence-electron chi connectivity index (χ2n) is 6.86. The molecule has 0 aromatic carbocycles. The van der Waals surface area contributed by atoms with E-state index in [0.717, 1.165) is 28.9 Å². The normalized spacial score (nSPS) is 20.2. The first-order valence-corrected chi connectivity index (χ1v) is 8.80. The molecule has 1 saturated heterocycles. The molecule has 1 aliphatic rings. The summed E-state index contributed by atoms with van der Waals surface area (Å²) in [5.74, 6) is 1.07. The summed E-state index contributed by atoms with van der Waals surface area (Å²) in [5.41, 5.74) is 2.29. The van der Waals surface area contributed by atoms with Crippen LogP contribution in [0.1, 0.15) is 45.7 Å². The van der Waals surface area contributed by atoms with Crippen LogP contribution in [0, 0.1) is 0 Å². The van der Waals surface area contributed by atoms with Gasteiger partial charge in [0.1, 0.15) is 5.52 Å². The number of rotatable bonds is 2. The number of fused-ring (bicyclic) bond motifs is 1. The van der Waals surface area contributed by atoms with Crippen LogP contribution in [0.4, 0.5) is 5.82 Å². The van der Waals surface area contributed by atoms with Gasteiger partial charge in [-0.15, -0.1) is 0 Å². The molecule has 0 aliphatic carbocycles. The summed E-state index contributed by atoms with van der Waals surface area (Å²) >= 11 is 3.66. The number of hydrogen-bond donors (Lipinski definition) is 0. The number of anilines is 1. The summed E-state index contributed by atoms with van der Waals surface area (Å²) in [6.45, 7) is 7.68. The zero-order valence-corrected chi connectivity index (χ0v) is 14.6. The molecule has 0 saturated carbocycles. The minimum Gasteiger partial charge on any atom is -0.351 e. The molecule has 21 heavy (non-hydrogen) atoms. The van der Waals surface area contributed by atoms with Crippen molar-refractivity contribution < 1.29 is 0 Å². The zero-order chi connectivity index (χ0) is 15.0. The topological polar surface area (TPSA) is 33.4 Å². The van der Waals surface area contributed by atoms with Gasteiger partial charge < -0.3 is 4.90 Å². The fraction of sp³-hybridized carbons (Fsp3) is 0.625. The lowest BCUT2D eigenvalue weighted by molar-refractivity contribution is 0.488. The van der Waals surface area contributed by atoms with E-state index < -0.39 is 0 Å². The van der Waals surface area contributed by atoms with Gasteiger partial charge in [-0.1, -0.05) is 36.7 Å². The van der Waals surface area contributed by atoms with E-state index in [2.05, 4.69) is 52.7 Å². The van der Waals surface area contributed by atoms with Crippen LogP contribution in [0.3, 0.4) is 0 Å². The second-order valence-corrected chi connectivity index (χ2v) is 7.51. The third-order valence-electron chi connectivity index (χ3n) is 4.22. The fourth-order valence-electron chi connectivity index (χ4n) is 2.94. The molecular formula is C16H23BrN4. The largest absolute Gasteiger partial charge is 0.351 e. The first kappa shape index (κ1) is 14.8. The average Bonchev–Trinajstić information content (AvgIpc) is 2.91. The van der Waals surface area contributed by atoms with Crippen molar-refractivity contribution in [1.82, 2.24) is 14.6 Å². The molecule has 1 unspecified atom stereocenters. The molecule has 3 rings (SSSR count). The standard InChI is InChI=1S/C16H23BrN4/c1-16(2,3)14-10-13-15(18-7-9-21(13)19-14)20-8-5-4-6-12(20)11-17/h7,9-10,12H,4-6,8,11H2,1-3H3. The predicted octanol–water partition coefficient (Wildman–Crippen LogP) is 3.78. The van der Waals surface area contributed by atoms with E-state index >= 15 is 0 Å². The molecule has 1 fully saturated rings. The summed E-state index contributed by atoms with van der Waals surface area (Å²) in [6, 6.07) is 2.73. The van der Waals surface area contributed by atoms with Crippen molar-refractivity contribution in [2.75, 3.05) is 16.8 Å². The molecule has 2 aromatic rings. The molecule has 1 aliphatic heterocycles. The lowest BCUT2D eigenvalue weighted by Gasteiger charge is -2.35. The Labute approximate surface area is 134 Å². The van der Waals surface area contributed by atoms with Gasteiger partial charge in [-0.2, -0.15) is 5.10 Å². The van der Waals surface area contributed by atoms with Crippen molar-refractivity contribution in [3.8, 4) is 0 Å². The maximum atomic E-state index is 4.73. The summed E-state index contributed by atoms with van der Waals surface area (Å²) in [7, 11) is 0. The molecule has 0 amide bonds. The number of piperidine rings is 1. The molecule has 1 atom stereocenters. The van der Waals surface area contributed by atoms with Crippen molar-refractivity contribution in [2.45, 2.75) is 51.5 Å². The summed E-state index contributed by atoms with van der Waals surface area (Å²) in [4.78, 5) is 7.11. The Morgan fingerprint density at radius 1 is 1.33 bits per heavy atom. The van der Waals surface area contributed by atoms with Gasteiger partial charge in [0, 0.05) is 35.7 Å². The summed E-state index contributed by atoms with van der Waals surface area (Å²) in [5, 5.41) is 5.72. The monoisotopic (exact) mass is 350 g/mol. The number of nitrogens with zero attached hydrogens (tertiary/aromatic N) is 4. The Bertz CT molecular complexity index is 629. The number of hydrogen-bond acceptors (Lipinski definition) is 3. The van der Waals surface area contributed by atoms with Gasteiger partial charge >= 0.3 is 0 Å². The van der Waals surface area contributed by atoms with Gasteiger partial charge in [-0.3, -0.25) is 0 Å². The lowest BCUT2D eigenvalue weighted by Crippen LogP contribution is -2.41. The highest BCUT2D eigenvalue weighted by Crippen LogP contribution is 2.30. The molecule has 0 radical (unpaired) electrons. The van der Waals surface area contributed by atoms with Gasteiger partial charge in [-0.05, 0) is 25.3 Å². The average molecular weight is 351 g/mol.